The maximum atomic E-state index is 3.30. The average molecular weight is 496 g/mol. The summed E-state index contributed by atoms with van der Waals surface area (Å²) in [6, 6.07) is 11.8. The maximum Gasteiger partial charge on any atom is 0.241 e. The Morgan fingerprint density at radius 2 is 1.14 bits per heavy atom. The molecule has 2 heteroatoms. The number of aromatic amines is 1. The molecular formula is C34H59N2+. The monoisotopic (exact) mass is 495 g/mol. The summed E-state index contributed by atoms with van der Waals surface area (Å²) in [7, 11) is 0. The fraction of sp³-hybridized carbons (Fsp3) is 0.735. The van der Waals surface area contributed by atoms with Crippen LogP contribution in [0.3, 0.4) is 0 Å². The van der Waals surface area contributed by atoms with Crippen molar-refractivity contribution in [3.8, 4) is 0 Å². The number of hydrogen-bond donors (Lipinski definition) is 1. The van der Waals surface area contributed by atoms with E-state index in [1.54, 1.807) is 0 Å². The average Bonchev–Trinajstić information content (AvgIpc) is 3.44. The molecule has 2 nitrogen and oxygen atoms in total. The van der Waals surface area contributed by atoms with E-state index in [-0.39, 0.29) is 0 Å². The van der Waals surface area contributed by atoms with Crippen molar-refractivity contribution in [2.45, 2.75) is 155 Å². The van der Waals surface area contributed by atoms with Crippen LogP contribution in [0.5, 0.6) is 0 Å². The molecule has 2 unspecified atom stereocenters. The Morgan fingerprint density at radius 1 is 0.611 bits per heavy atom. The molecule has 0 spiro atoms. The number of benzene rings is 1. The second kappa shape index (κ2) is 21.5. The van der Waals surface area contributed by atoms with Crippen molar-refractivity contribution in [1.82, 2.24) is 4.98 Å². The number of aromatic nitrogens is 2. The summed E-state index contributed by atoms with van der Waals surface area (Å²) in [6.07, 6.45) is 36.0. The van der Waals surface area contributed by atoms with E-state index in [4.69, 9.17) is 0 Å². The number of H-pyrrole nitrogens is 1. The molecule has 0 saturated carbocycles. The Balaban J connectivity index is 1.59. The van der Waals surface area contributed by atoms with Crippen LogP contribution in [0.1, 0.15) is 154 Å². The predicted molar refractivity (Wildman–Crippen MR) is 157 cm³/mol. The summed E-state index contributed by atoms with van der Waals surface area (Å²) >= 11 is 0. The van der Waals surface area contributed by atoms with Gasteiger partial charge in [0.05, 0.1) is 0 Å². The Bertz CT molecular complexity index is 693. The summed E-state index contributed by atoms with van der Waals surface area (Å²) in [5.41, 5.74) is 1.49. The molecule has 2 aromatic rings. The Hall–Kier alpha value is -1.57. The molecular weight excluding hydrogens is 436 g/mol. The zero-order valence-corrected chi connectivity index (χ0v) is 24.1. The van der Waals surface area contributed by atoms with Crippen LogP contribution in [0.25, 0.3) is 0 Å². The zero-order valence-electron chi connectivity index (χ0n) is 24.1. The second-order valence-electron chi connectivity index (χ2n) is 11.3. The molecule has 36 heavy (non-hydrogen) atoms. The largest absolute Gasteiger partial charge is 0.250 e. The van der Waals surface area contributed by atoms with Crippen molar-refractivity contribution < 1.29 is 4.57 Å². The first kappa shape index (κ1) is 30.7. The lowest BCUT2D eigenvalue weighted by atomic mass is 9.85. The van der Waals surface area contributed by atoms with Crippen molar-refractivity contribution in [3.05, 3.63) is 54.6 Å². The minimum atomic E-state index is 0.606. The lowest BCUT2D eigenvalue weighted by molar-refractivity contribution is -0.730. The van der Waals surface area contributed by atoms with Crippen LogP contribution in [0.4, 0.5) is 0 Å². The van der Waals surface area contributed by atoms with E-state index < -0.39 is 0 Å². The number of rotatable bonds is 24. The van der Waals surface area contributed by atoms with Gasteiger partial charge in [-0.2, -0.15) is 0 Å². The molecule has 1 aromatic carbocycles. The van der Waals surface area contributed by atoms with Gasteiger partial charge >= 0.3 is 0 Å². The van der Waals surface area contributed by atoms with Gasteiger partial charge in [0.2, 0.25) is 6.33 Å². The lowest BCUT2D eigenvalue weighted by Gasteiger charge is -2.25. The summed E-state index contributed by atoms with van der Waals surface area (Å²) < 4.78 is 2.47. The van der Waals surface area contributed by atoms with Crippen LogP contribution >= 0.6 is 0 Å². The minimum Gasteiger partial charge on any atom is -0.250 e. The Morgan fingerprint density at radius 3 is 1.64 bits per heavy atom. The Kier molecular flexibility index (Phi) is 18.3. The van der Waals surface area contributed by atoms with Crippen LogP contribution in [-0.4, -0.2) is 4.98 Å². The highest BCUT2D eigenvalue weighted by atomic mass is 15.1. The molecule has 1 heterocycles. The summed E-state index contributed by atoms with van der Waals surface area (Å²) in [5, 5.41) is 0. The van der Waals surface area contributed by atoms with Gasteiger partial charge in [-0.15, -0.1) is 0 Å². The number of hydrogen-bond acceptors (Lipinski definition) is 0. The third-order valence-electron chi connectivity index (χ3n) is 8.12. The molecule has 0 aliphatic rings. The fourth-order valence-electron chi connectivity index (χ4n) is 5.85. The summed E-state index contributed by atoms with van der Waals surface area (Å²) in [6.45, 7) is 4.63. The van der Waals surface area contributed by atoms with E-state index in [9.17, 15) is 0 Å². The normalized spacial score (nSPS) is 13.2. The Labute approximate surface area is 224 Å². The van der Waals surface area contributed by atoms with Gasteiger partial charge in [0.15, 0.2) is 0 Å². The third kappa shape index (κ3) is 14.2. The van der Waals surface area contributed by atoms with Gasteiger partial charge in [-0.05, 0) is 31.2 Å². The van der Waals surface area contributed by atoms with Crippen molar-refractivity contribution in [2.75, 3.05) is 0 Å². The standard InChI is InChI=1S/C34H58N2/c1-3-5-7-8-9-10-11-12-13-14-15-16-17-18-19-23-27-34(36-29-28-35-31-36)33(26-6-4-2)30-32-24-21-20-22-25-32/h20-22,24-25,28-29,31,33-34H,3-19,23,26-27,30H2,1-2H3/p+1. The van der Waals surface area contributed by atoms with E-state index in [1.807, 2.05) is 0 Å². The highest BCUT2D eigenvalue weighted by molar-refractivity contribution is 5.15. The fourth-order valence-corrected chi connectivity index (χ4v) is 5.85. The predicted octanol–water partition coefficient (Wildman–Crippen LogP) is 10.5. The molecule has 0 amide bonds. The number of imidazole rings is 1. The van der Waals surface area contributed by atoms with Crippen LogP contribution in [-0.2, 0) is 6.42 Å². The molecule has 0 radical (unpaired) electrons. The van der Waals surface area contributed by atoms with Crippen molar-refractivity contribution in [1.29, 1.82) is 0 Å². The van der Waals surface area contributed by atoms with Gasteiger partial charge in [-0.25, -0.2) is 4.57 Å². The molecule has 0 aliphatic carbocycles. The molecule has 204 valence electrons. The smallest absolute Gasteiger partial charge is 0.241 e. The van der Waals surface area contributed by atoms with Gasteiger partial charge in [0, 0.05) is 5.92 Å². The number of nitrogens with one attached hydrogen (secondary N) is 1. The van der Waals surface area contributed by atoms with E-state index in [0.717, 1.165) is 0 Å². The SMILES string of the molecule is CCCCCCCCCCCCCCCCCCC(C(CCCC)Cc1ccccc1)[n+]1cc[nH]c1. The van der Waals surface area contributed by atoms with Crippen LogP contribution in [0, 0.1) is 5.92 Å². The summed E-state index contributed by atoms with van der Waals surface area (Å²) in [4.78, 5) is 3.30. The molecule has 0 fully saturated rings. The molecule has 1 aromatic heterocycles. The lowest BCUT2D eigenvalue weighted by Crippen LogP contribution is -2.42. The molecule has 1 N–H and O–H groups in total. The first-order valence-electron chi connectivity index (χ1n) is 15.9. The zero-order chi connectivity index (χ0) is 25.5. The number of unbranched alkanes of at least 4 members (excludes halogenated alkanes) is 16. The van der Waals surface area contributed by atoms with Gasteiger partial charge in [0.1, 0.15) is 18.4 Å². The van der Waals surface area contributed by atoms with Gasteiger partial charge < -0.3 is 0 Å². The van der Waals surface area contributed by atoms with Crippen LogP contribution in [0.15, 0.2) is 49.1 Å². The highest BCUT2D eigenvalue weighted by Crippen LogP contribution is 2.28. The molecule has 2 atom stereocenters. The first-order chi connectivity index (χ1) is 17.8. The van der Waals surface area contributed by atoms with E-state index in [0.29, 0.717) is 12.0 Å². The molecule has 0 bridgehead atoms. The van der Waals surface area contributed by atoms with Crippen molar-refractivity contribution in [3.63, 3.8) is 0 Å². The van der Waals surface area contributed by atoms with Crippen molar-refractivity contribution in [2.24, 2.45) is 5.92 Å². The van der Waals surface area contributed by atoms with Crippen LogP contribution < -0.4 is 4.57 Å². The molecule has 0 saturated heterocycles. The third-order valence-corrected chi connectivity index (χ3v) is 8.12. The van der Waals surface area contributed by atoms with Gasteiger partial charge in [0.25, 0.3) is 0 Å². The van der Waals surface area contributed by atoms with E-state index >= 15 is 0 Å². The topological polar surface area (TPSA) is 19.7 Å². The summed E-state index contributed by atoms with van der Waals surface area (Å²) in [5.74, 6) is 0.712. The van der Waals surface area contributed by atoms with E-state index in [2.05, 4.69) is 72.5 Å². The highest BCUT2D eigenvalue weighted by Gasteiger charge is 2.26. The minimum absolute atomic E-state index is 0.606. The second-order valence-corrected chi connectivity index (χ2v) is 11.3. The van der Waals surface area contributed by atoms with Gasteiger partial charge in [-0.3, -0.25) is 4.98 Å². The van der Waals surface area contributed by atoms with Crippen molar-refractivity contribution >= 4 is 0 Å². The van der Waals surface area contributed by atoms with Crippen LogP contribution in [0.2, 0.25) is 0 Å². The van der Waals surface area contributed by atoms with Gasteiger partial charge in [-0.1, -0.05) is 153 Å². The molecule has 0 aliphatic heterocycles. The molecule has 2 rings (SSSR count). The number of nitrogens with zero attached hydrogens (tertiary/aromatic N) is 1. The quantitative estimate of drug-likeness (QED) is 0.110. The first-order valence-corrected chi connectivity index (χ1v) is 15.9. The maximum absolute atomic E-state index is 3.30. The van der Waals surface area contributed by atoms with E-state index in [1.165, 1.54) is 140 Å².